The minimum atomic E-state index is -0.547. The van der Waals surface area contributed by atoms with E-state index in [2.05, 4.69) is 9.97 Å². The number of hydrogen-bond acceptors (Lipinski definition) is 5. The van der Waals surface area contributed by atoms with Crippen LogP contribution >= 0.6 is 0 Å². The fraction of sp³-hybridized carbons (Fsp3) is 0.211. The van der Waals surface area contributed by atoms with Crippen LogP contribution in [-0.4, -0.2) is 15.9 Å². The Morgan fingerprint density at radius 1 is 1.12 bits per heavy atom. The molecule has 1 aliphatic heterocycles. The average molecular weight is 336 g/mol. The molecule has 3 heterocycles. The Kier molecular flexibility index (Phi) is 3.53. The highest BCUT2D eigenvalue weighted by molar-refractivity contribution is 5.99. The highest BCUT2D eigenvalue weighted by atomic mass is 16.5. The fourth-order valence-corrected chi connectivity index (χ4v) is 3.11. The van der Waals surface area contributed by atoms with Crippen molar-refractivity contribution in [1.82, 2.24) is 9.97 Å². The van der Waals surface area contributed by atoms with E-state index in [0.717, 1.165) is 11.1 Å². The molecule has 0 bridgehead atoms. The number of ether oxygens (including phenoxy) is 1. The Morgan fingerprint density at radius 3 is 2.64 bits per heavy atom. The molecule has 6 nitrogen and oxygen atoms in total. The van der Waals surface area contributed by atoms with Crippen LogP contribution in [0.3, 0.4) is 0 Å². The number of aromatic amines is 1. The molecule has 3 aromatic rings. The zero-order valence-electron chi connectivity index (χ0n) is 13.8. The van der Waals surface area contributed by atoms with Gasteiger partial charge in [-0.15, -0.1) is 0 Å². The number of aryl methyl sites for hydroxylation is 2. The van der Waals surface area contributed by atoms with E-state index in [1.807, 2.05) is 31.2 Å². The molecular weight excluding hydrogens is 320 g/mol. The first-order valence-electron chi connectivity index (χ1n) is 7.99. The maximum atomic E-state index is 12.4. The molecule has 0 saturated carbocycles. The van der Waals surface area contributed by atoms with Crippen LogP contribution < -0.4 is 5.69 Å². The minimum absolute atomic E-state index is 0.226. The Labute approximate surface area is 143 Å². The number of rotatable bonds is 3. The summed E-state index contributed by atoms with van der Waals surface area (Å²) in [5.41, 5.74) is 2.58. The van der Waals surface area contributed by atoms with Gasteiger partial charge in [0.2, 0.25) is 0 Å². The molecule has 0 radical (unpaired) electrons. The van der Waals surface area contributed by atoms with Crippen molar-refractivity contribution in [3.63, 3.8) is 0 Å². The van der Waals surface area contributed by atoms with Gasteiger partial charge in [0, 0.05) is 6.42 Å². The van der Waals surface area contributed by atoms with Crippen LogP contribution in [0, 0.1) is 13.8 Å². The van der Waals surface area contributed by atoms with Gasteiger partial charge in [-0.1, -0.05) is 24.3 Å². The predicted molar refractivity (Wildman–Crippen MR) is 90.3 cm³/mol. The quantitative estimate of drug-likeness (QED) is 0.743. The van der Waals surface area contributed by atoms with Gasteiger partial charge in [0.05, 0.1) is 5.69 Å². The largest absolute Gasteiger partial charge is 0.460 e. The Balaban J connectivity index is 1.81. The van der Waals surface area contributed by atoms with E-state index in [1.165, 1.54) is 0 Å². The van der Waals surface area contributed by atoms with Crippen molar-refractivity contribution in [2.45, 2.75) is 26.4 Å². The topological polar surface area (TPSA) is 85.2 Å². The number of H-pyrrole nitrogens is 1. The standard InChI is InChI=1S/C19H16N2O4/c1-10-5-3-4-6-12(10)9-14-17-15(18(22)25-14)16(20-19(23)21-17)13-8-7-11(2)24-13/h3-8,14H,9H2,1-2H3,(H,20,21,23). The van der Waals surface area contributed by atoms with Gasteiger partial charge >= 0.3 is 11.7 Å². The third kappa shape index (κ3) is 2.65. The second-order valence-corrected chi connectivity index (χ2v) is 6.11. The van der Waals surface area contributed by atoms with Crippen molar-refractivity contribution in [3.8, 4) is 11.5 Å². The van der Waals surface area contributed by atoms with E-state index in [0.29, 0.717) is 23.6 Å². The van der Waals surface area contributed by atoms with E-state index < -0.39 is 17.8 Å². The van der Waals surface area contributed by atoms with E-state index >= 15 is 0 Å². The number of carbonyl (C=O) groups is 1. The van der Waals surface area contributed by atoms with Gasteiger partial charge in [-0.2, -0.15) is 4.98 Å². The molecule has 25 heavy (non-hydrogen) atoms. The number of aromatic nitrogens is 2. The smallest absolute Gasteiger partial charge is 0.345 e. The van der Waals surface area contributed by atoms with Crippen LogP contribution in [-0.2, 0) is 11.2 Å². The summed E-state index contributed by atoms with van der Waals surface area (Å²) in [6, 6.07) is 11.3. The zero-order valence-corrected chi connectivity index (χ0v) is 13.8. The first-order valence-corrected chi connectivity index (χ1v) is 7.99. The highest BCUT2D eigenvalue weighted by Crippen LogP contribution is 2.36. The summed E-state index contributed by atoms with van der Waals surface area (Å²) in [5, 5.41) is 0. The first kappa shape index (κ1) is 15.4. The molecule has 1 aromatic carbocycles. The molecule has 0 aliphatic carbocycles. The fourth-order valence-electron chi connectivity index (χ4n) is 3.11. The third-order valence-electron chi connectivity index (χ3n) is 4.38. The molecule has 1 N–H and O–H groups in total. The summed E-state index contributed by atoms with van der Waals surface area (Å²) in [4.78, 5) is 31.1. The third-order valence-corrected chi connectivity index (χ3v) is 4.38. The second kappa shape index (κ2) is 5.73. The van der Waals surface area contributed by atoms with E-state index in [4.69, 9.17) is 9.15 Å². The summed E-state index contributed by atoms with van der Waals surface area (Å²) in [6.07, 6.45) is -0.0590. The van der Waals surface area contributed by atoms with Gasteiger partial charge in [0.25, 0.3) is 0 Å². The van der Waals surface area contributed by atoms with Crippen LogP contribution in [0.15, 0.2) is 45.6 Å². The molecule has 0 spiro atoms. The van der Waals surface area contributed by atoms with Crippen LogP contribution in [0.4, 0.5) is 0 Å². The number of hydrogen-bond donors (Lipinski definition) is 1. The lowest BCUT2D eigenvalue weighted by atomic mass is 9.99. The van der Waals surface area contributed by atoms with Crippen molar-refractivity contribution in [2.24, 2.45) is 0 Å². The predicted octanol–water partition coefficient (Wildman–Crippen LogP) is 3.10. The summed E-state index contributed by atoms with van der Waals surface area (Å²) in [5.74, 6) is 0.559. The van der Waals surface area contributed by atoms with Gasteiger partial charge in [-0.25, -0.2) is 9.59 Å². The number of carbonyl (C=O) groups excluding carboxylic acids is 1. The van der Waals surface area contributed by atoms with Gasteiger partial charge < -0.3 is 14.1 Å². The summed E-state index contributed by atoms with van der Waals surface area (Å²) in [6.45, 7) is 3.79. The van der Waals surface area contributed by atoms with Gasteiger partial charge in [0.15, 0.2) is 5.76 Å². The van der Waals surface area contributed by atoms with Gasteiger partial charge in [-0.05, 0) is 37.1 Å². The van der Waals surface area contributed by atoms with E-state index in [1.54, 1.807) is 19.1 Å². The molecule has 1 unspecified atom stereocenters. The first-order chi connectivity index (χ1) is 12.0. The molecule has 1 atom stereocenters. The number of nitrogens with zero attached hydrogens (tertiary/aromatic N) is 1. The van der Waals surface area contributed by atoms with Crippen molar-refractivity contribution in [2.75, 3.05) is 0 Å². The number of benzene rings is 1. The van der Waals surface area contributed by atoms with Crippen LogP contribution in [0.2, 0.25) is 0 Å². The molecule has 0 fully saturated rings. The number of esters is 1. The van der Waals surface area contributed by atoms with Gasteiger partial charge in [-0.3, -0.25) is 0 Å². The van der Waals surface area contributed by atoms with Crippen molar-refractivity contribution in [1.29, 1.82) is 0 Å². The number of furan rings is 1. The SMILES string of the molecule is Cc1ccc(-c2nc(=O)[nH]c3c2C(=O)OC3Cc2ccccc2C)o1. The molecule has 1 aliphatic rings. The van der Waals surface area contributed by atoms with E-state index in [-0.39, 0.29) is 11.3 Å². The van der Waals surface area contributed by atoms with Crippen molar-refractivity contribution in [3.05, 3.63) is 75.0 Å². The monoisotopic (exact) mass is 336 g/mol. The minimum Gasteiger partial charge on any atom is -0.460 e. The Hall–Kier alpha value is -3.15. The lowest BCUT2D eigenvalue weighted by molar-refractivity contribution is 0.0382. The molecule has 2 aromatic heterocycles. The van der Waals surface area contributed by atoms with Crippen LogP contribution in [0.1, 0.15) is 39.0 Å². The average Bonchev–Trinajstić information content (AvgIpc) is 3.13. The van der Waals surface area contributed by atoms with Crippen molar-refractivity contribution < 1.29 is 13.9 Å². The van der Waals surface area contributed by atoms with Crippen LogP contribution in [0.5, 0.6) is 0 Å². The molecule has 6 heteroatoms. The number of fused-ring (bicyclic) bond motifs is 1. The zero-order chi connectivity index (χ0) is 17.6. The molecule has 0 saturated heterocycles. The Morgan fingerprint density at radius 2 is 1.92 bits per heavy atom. The molecular formula is C19H16N2O4. The maximum absolute atomic E-state index is 12.4. The summed E-state index contributed by atoms with van der Waals surface area (Å²) >= 11 is 0. The summed E-state index contributed by atoms with van der Waals surface area (Å²) < 4.78 is 11.1. The van der Waals surface area contributed by atoms with Crippen molar-refractivity contribution >= 4 is 5.97 Å². The number of cyclic esters (lactones) is 1. The molecule has 4 rings (SSSR count). The maximum Gasteiger partial charge on any atom is 0.345 e. The highest BCUT2D eigenvalue weighted by Gasteiger charge is 2.36. The second-order valence-electron chi connectivity index (χ2n) is 6.11. The molecule has 126 valence electrons. The summed E-state index contributed by atoms with van der Waals surface area (Å²) in [7, 11) is 0. The lowest BCUT2D eigenvalue weighted by Gasteiger charge is -2.12. The van der Waals surface area contributed by atoms with Crippen LogP contribution in [0.25, 0.3) is 11.5 Å². The lowest BCUT2D eigenvalue weighted by Crippen LogP contribution is -2.17. The Bertz CT molecular complexity index is 1030. The van der Waals surface area contributed by atoms with E-state index in [9.17, 15) is 9.59 Å². The molecule has 0 amide bonds. The van der Waals surface area contributed by atoms with Gasteiger partial charge in [0.1, 0.15) is 23.1 Å². The normalized spacial score (nSPS) is 15.9. The number of nitrogens with one attached hydrogen (secondary N) is 1.